The molecule has 0 atom stereocenters. The van der Waals surface area contributed by atoms with Crippen LogP contribution < -0.4 is 0 Å². The third kappa shape index (κ3) is 3.37. The summed E-state index contributed by atoms with van der Waals surface area (Å²) in [4.78, 5) is 8.80. The molecule has 25 heavy (non-hydrogen) atoms. The van der Waals surface area contributed by atoms with Gasteiger partial charge in [0.15, 0.2) is 0 Å². The molecule has 1 aromatic heterocycles. The van der Waals surface area contributed by atoms with E-state index in [-0.39, 0.29) is 5.82 Å². The monoisotopic (exact) mass is 337 g/mol. The van der Waals surface area contributed by atoms with Crippen LogP contribution in [0.15, 0.2) is 42.7 Å². The van der Waals surface area contributed by atoms with Crippen LogP contribution in [-0.4, -0.2) is 54.6 Å². The van der Waals surface area contributed by atoms with Gasteiger partial charge in [-0.05, 0) is 48.2 Å². The standard InChI is InChI=1S/C21H24FN3/c1-24-11-13-25(14-12-24)10-8-16-5-6-19-17(16)3-2-4-18(19)20-7-9-23-15-21(20)22/h2-5,7,9,15H,6,8,10-14H2,1H3. The number of hydrogen-bond donors (Lipinski definition) is 0. The lowest BCUT2D eigenvalue weighted by Crippen LogP contribution is -2.44. The summed E-state index contributed by atoms with van der Waals surface area (Å²) in [6.45, 7) is 5.72. The molecule has 130 valence electrons. The number of nitrogens with zero attached hydrogens (tertiary/aromatic N) is 3. The molecule has 3 nitrogen and oxygen atoms in total. The fourth-order valence-corrected chi connectivity index (χ4v) is 3.88. The minimum absolute atomic E-state index is 0.248. The number of pyridine rings is 1. The molecule has 2 aliphatic rings. The van der Waals surface area contributed by atoms with E-state index in [0.717, 1.165) is 51.1 Å². The van der Waals surface area contributed by atoms with Gasteiger partial charge in [0, 0.05) is 44.5 Å². The van der Waals surface area contributed by atoms with Crippen LogP contribution in [0.1, 0.15) is 17.5 Å². The van der Waals surface area contributed by atoms with Crippen molar-refractivity contribution in [3.05, 3.63) is 59.7 Å². The van der Waals surface area contributed by atoms with Crippen molar-refractivity contribution in [2.45, 2.75) is 12.8 Å². The second-order valence-electron chi connectivity index (χ2n) is 7.02. The summed E-state index contributed by atoms with van der Waals surface area (Å²) in [5.41, 5.74) is 5.61. The van der Waals surface area contributed by atoms with Crippen LogP contribution in [0.25, 0.3) is 16.7 Å². The first-order valence-corrected chi connectivity index (χ1v) is 9.04. The van der Waals surface area contributed by atoms with Crippen LogP contribution in [0, 0.1) is 5.82 Å². The molecule has 1 saturated heterocycles. The van der Waals surface area contributed by atoms with Gasteiger partial charge in [0.2, 0.25) is 0 Å². The lowest BCUT2D eigenvalue weighted by Gasteiger charge is -2.32. The van der Waals surface area contributed by atoms with Crippen molar-refractivity contribution in [3.8, 4) is 11.1 Å². The molecule has 1 aliphatic carbocycles. The van der Waals surface area contributed by atoms with E-state index in [1.807, 2.05) is 12.1 Å². The first-order valence-electron chi connectivity index (χ1n) is 9.04. The molecule has 4 heteroatoms. The maximum atomic E-state index is 14.2. The van der Waals surface area contributed by atoms with Crippen molar-refractivity contribution < 1.29 is 4.39 Å². The number of fused-ring (bicyclic) bond motifs is 1. The Kier molecular flexibility index (Phi) is 4.64. The summed E-state index contributed by atoms with van der Waals surface area (Å²) in [6, 6.07) is 8.02. The average molecular weight is 337 g/mol. The number of benzene rings is 1. The molecule has 0 saturated carbocycles. The Morgan fingerprint density at radius 1 is 1.04 bits per heavy atom. The van der Waals surface area contributed by atoms with E-state index in [1.54, 1.807) is 12.3 Å². The normalized spacial score (nSPS) is 18.2. The van der Waals surface area contributed by atoms with Crippen molar-refractivity contribution in [1.29, 1.82) is 0 Å². The first-order chi connectivity index (χ1) is 12.2. The molecule has 0 spiro atoms. The quantitative estimate of drug-likeness (QED) is 0.852. The zero-order valence-corrected chi connectivity index (χ0v) is 14.7. The van der Waals surface area contributed by atoms with E-state index < -0.39 is 0 Å². The fraction of sp³-hybridized carbons (Fsp3) is 0.381. The molecule has 0 bridgehead atoms. The maximum absolute atomic E-state index is 14.2. The molecule has 2 aromatic rings. The Labute approximate surface area is 148 Å². The van der Waals surface area contributed by atoms with Crippen molar-refractivity contribution >= 4 is 5.57 Å². The Balaban J connectivity index is 1.51. The highest BCUT2D eigenvalue weighted by molar-refractivity contribution is 5.81. The SMILES string of the molecule is CN1CCN(CCC2=CCc3c2cccc3-c2ccncc2F)CC1. The van der Waals surface area contributed by atoms with Gasteiger partial charge in [0.25, 0.3) is 0 Å². The van der Waals surface area contributed by atoms with Crippen LogP contribution in [0.2, 0.25) is 0 Å². The number of aromatic nitrogens is 1. The van der Waals surface area contributed by atoms with Gasteiger partial charge < -0.3 is 9.80 Å². The molecular weight excluding hydrogens is 313 g/mol. The van der Waals surface area contributed by atoms with Gasteiger partial charge in [0.05, 0.1) is 6.20 Å². The second kappa shape index (κ2) is 7.06. The van der Waals surface area contributed by atoms with Gasteiger partial charge in [0.1, 0.15) is 5.82 Å². The van der Waals surface area contributed by atoms with E-state index in [1.165, 1.54) is 22.9 Å². The molecule has 0 N–H and O–H groups in total. The van der Waals surface area contributed by atoms with Crippen LogP contribution in [0.5, 0.6) is 0 Å². The van der Waals surface area contributed by atoms with E-state index in [9.17, 15) is 4.39 Å². The number of likely N-dealkylation sites (N-methyl/N-ethyl adjacent to an activating group) is 1. The minimum atomic E-state index is -0.248. The summed E-state index contributed by atoms with van der Waals surface area (Å²) < 4.78 is 14.2. The van der Waals surface area contributed by atoms with Crippen LogP contribution in [0.4, 0.5) is 4.39 Å². The maximum Gasteiger partial charge on any atom is 0.149 e. The van der Waals surface area contributed by atoms with Crippen molar-refractivity contribution in [3.63, 3.8) is 0 Å². The Morgan fingerprint density at radius 2 is 1.84 bits per heavy atom. The van der Waals surface area contributed by atoms with Crippen LogP contribution in [-0.2, 0) is 6.42 Å². The van der Waals surface area contributed by atoms with E-state index >= 15 is 0 Å². The molecule has 1 aliphatic heterocycles. The highest BCUT2D eigenvalue weighted by Gasteiger charge is 2.20. The van der Waals surface area contributed by atoms with Crippen molar-refractivity contribution in [2.24, 2.45) is 0 Å². The molecule has 0 unspecified atom stereocenters. The minimum Gasteiger partial charge on any atom is -0.304 e. The number of halogens is 1. The molecular formula is C21H24FN3. The summed E-state index contributed by atoms with van der Waals surface area (Å²) in [7, 11) is 2.19. The molecule has 2 heterocycles. The molecule has 0 radical (unpaired) electrons. The summed E-state index contributed by atoms with van der Waals surface area (Å²) in [5.74, 6) is -0.248. The zero-order chi connectivity index (χ0) is 17.2. The smallest absolute Gasteiger partial charge is 0.149 e. The van der Waals surface area contributed by atoms with Gasteiger partial charge in [-0.25, -0.2) is 4.39 Å². The topological polar surface area (TPSA) is 19.4 Å². The van der Waals surface area contributed by atoms with Gasteiger partial charge >= 0.3 is 0 Å². The lowest BCUT2D eigenvalue weighted by atomic mass is 9.94. The largest absolute Gasteiger partial charge is 0.304 e. The predicted octanol–water partition coefficient (Wildman–Crippen LogP) is 3.46. The fourth-order valence-electron chi connectivity index (χ4n) is 3.88. The molecule has 0 amide bonds. The van der Waals surface area contributed by atoms with Gasteiger partial charge in [-0.2, -0.15) is 0 Å². The summed E-state index contributed by atoms with van der Waals surface area (Å²) in [6.07, 6.45) is 7.24. The Hall–Kier alpha value is -2.04. The third-order valence-electron chi connectivity index (χ3n) is 5.43. The van der Waals surface area contributed by atoms with E-state index in [2.05, 4.69) is 34.0 Å². The summed E-state index contributed by atoms with van der Waals surface area (Å²) in [5, 5.41) is 0. The predicted molar refractivity (Wildman–Crippen MR) is 99.9 cm³/mol. The Morgan fingerprint density at radius 3 is 2.64 bits per heavy atom. The van der Waals surface area contributed by atoms with Crippen molar-refractivity contribution in [2.75, 3.05) is 39.8 Å². The van der Waals surface area contributed by atoms with Crippen LogP contribution in [0.3, 0.4) is 0 Å². The average Bonchev–Trinajstić information content (AvgIpc) is 3.05. The molecule has 1 fully saturated rings. The molecule has 4 rings (SSSR count). The lowest BCUT2D eigenvalue weighted by molar-refractivity contribution is 0.157. The number of piperazine rings is 1. The van der Waals surface area contributed by atoms with Gasteiger partial charge in [-0.3, -0.25) is 4.98 Å². The van der Waals surface area contributed by atoms with Gasteiger partial charge in [-0.1, -0.05) is 24.3 Å². The number of hydrogen-bond acceptors (Lipinski definition) is 3. The Bertz CT molecular complexity index is 791. The molecule has 1 aromatic carbocycles. The third-order valence-corrected chi connectivity index (χ3v) is 5.43. The van der Waals surface area contributed by atoms with Crippen molar-refractivity contribution in [1.82, 2.24) is 14.8 Å². The van der Waals surface area contributed by atoms with E-state index in [4.69, 9.17) is 0 Å². The number of allylic oxidation sites excluding steroid dienone is 1. The number of rotatable bonds is 4. The van der Waals surface area contributed by atoms with E-state index in [0.29, 0.717) is 5.56 Å². The van der Waals surface area contributed by atoms with Crippen LogP contribution >= 0.6 is 0 Å². The first kappa shape index (κ1) is 16.4. The highest BCUT2D eigenvalue weighted by atomic mass is 19.1. The van der Waals surface area contributed by atoms with Gasteiger partial charge in [-0.15, -0.1) is 0 Å². The highest BCUT2D eigenvalue weighted by Crippen LogP contribution is 2.37. The summed E-state index contributed by atoms with van der Waals surface area (Å²) >= 11 is 0. The second-order valence-corrected chi connectivity index (χ2v) is 7.02. The zero-order valence-electron chi connectivity index (χ0n) is 14.7.